The molecular formula is C25H31N3O5. The summed E-state index contributed by atoms with van der Waals surface area (Å²) in [6.45, 7) is 4.39. The van der Waals surface area contributed by atoms with Gasteiger partial charge in [-0.05, 0) is 48.2 Å². The molecule has 1 fully saturated rings. The zero-order valence-electron chi connectivity index (χ0n) is 20.0. The van der Waals surface area contributed by atoms with E-state index in [0.29, 0.717) is 28.7 Å². The number of anilines is 1. The lowest BCUT2D eigenvalue weighted by molar-refractivity contribution is 0.322. The van der Waals surface area contributed by atoms with Gasteiger partial charge in [0.2, 0.25) is 5.75 Å². The summed E-state index contributed by atoms with van der Waals surface area (Å²) in [4.78, 5) is 7.22. The smallest absolute Gasteiger partial charge is 0.203 e. The lowest BCUT2D eigenvalue weighted by Crippen LogP contribution is -2.46. The highest BCUT2D eigenvalue weighted by Crippen LogP contribution is 2.41. The zero-order chi connectivity index (χ0) is 23.5. The SMILES string of the molecule is COc1cc2cc(C)nc(N3CCNC(c4cc(OC)c(OC)c(OC)c4)C3)c2cc1OC. The Bertz CT molecular complexity index is 1130. The summed E-state index contributed by atoms with van der Waals surface area (Å²) in [5.41, 5.74) is 2.01. The van der Waals surface area contributed by atoms with Crippen molar-refractivity contribution in [3.63, 3.8) is 0 Å². The van der Waals surface area contributed by atoms with Crippen LogP contribution in [0.2, 0.25) is 0 Å². The van der Waals surface area contributed by atoms with Gasteiger partial charge in [0, 0.05) is 30.7 Å². The normalized spacial score (nSPS) is 15.9. The van der Waals surface area contributed by atoms with Crippen LogP contribution in [-0.2, 0) is 0 Å². The maximum Gasteiger partial charge on any atom is 0.203 e. The molecule has 1 atom stereocenters. The second-order valence-electron chi connectivity index (χ2n) is 7.93. The van der Waals surface area contributed by atoms with E-state index in [0.717, 1.165) is 47.5 Å². The lowest BCUT2D eigenvalue weighted by atomic mass is 10.0. The first-order chi connectivity index (χ1) is 16.0. The van der Waals surface area contributed by atoms with Crippen molar-refractivity contribution in [2.45, 2.75) is 13.0 Å². The highest BCUT2D eigenvalue weighted by Gasteiger charge is 2.26. The summed E-state index contributed by atoms with van der Waals surface area (Å²) in [7, 11) is 8.17. The van der Waals surface area contributed by atoms with E-state index < -0.39 is 0 Å². The van der Waals surface area contributed by atoms with E-state index in [1.807, 2.05) is 31.2 Å². The van der Waals surface area contributed by atoms with Crippen molar-refractivity contribution >= 4 is 16.6 Å². The van der Waals surface area contributed by atoms with E-state index in [9.17, 15) is 0 Å². The second kappa shape index (κ2) is 9.62. The Hall–Kier alpha value is -3.39. The Morgan fingerprint density at radius 1 is 0.818 bits per heavy atom. The number of ether oxygens (including phenoxy) is 5. The van der Waals surface area contributed by atoms with Crippen LogP contribution in [0.15, 0.2) is 30.3 Å². The van der Waals surface area contributed by atoms with E-state index in [-0.39, 0.29) is 6.04 Å². The fourth-order valence-corrected chi connectivity index (χ4v) is 4.40. The van der Waals surface area contributed by atoms with E-state index in [4.69, 9.17) is 28.7 Å². The molecule has 0 aliphatic carbocycles. The van der Waals surface area contributed by atoms with Gasteiger partial charge >= 0.3 is 0 Å². The van der Waals surface area contributed by atoms with Crippen LogP contribution >= 0.6 is 0 Å². The number of pyridine rings is 1. The Labute approximate surface area is 194 Å². The number of piperazine rings is 1. The highest BCUT2D eigenvalue weighted by molar-refractivity contribution is 5.95. The monoisotopic (exact) mass is 453 g/mol. The maximum absolute atomic E-state index is 5.56. The number of benzene rings is 2. The molecule has 0 radical (unpaired) electrons. The van der Waals surface area contributed by atoms with Crippen LogP contribution in [0.25, 0.3) is 10.8 Å². The Morgan fingerprint density at radius 2 is 1.45 bits per heavy atom. The van der Waals surface area contributed by atoms with Crippen molar-refractivity contribution in [1.29, 1.82) is 0 Å². The zero-order valence-corrected chi connectivity index (χ0v) is 20.0. The third-order valence-electron chi connectivity index (χ3n) is 6.01. The molecule has 4 rings (SSSR count). The molecule has 0 spiro atoms. The summed E-state index contributed by atoms with van der Waals surface area (Å²) >= 11 is 0. The third kappa shape index (κ3) is 4.30. The van der Waals surface area contributed by atoms with E-state index >= 15 is 0 Å². The number of rotatable bonds is 7. The van der Waals surface area contributed by atoms with Crippen LogP contribution in [0.3, 0.4) is 0 Å². The maximum atomic E-state index is 5.56. The van der Waals surface area contributed by atoms with Crippen molar-refractivity contribution in [3.8, 4) is 28.7 Å². The summed E-state index contributed by atoms with van der Waals surface area (Å²) < 4.78 is 27.7. The van der Waals surface area contributed by atoms with E-state index in [1.54, 1.807) is 35.5 Å². The summed E-state index contributed by atoms with van der Waals surface area (Å²) in [5, 5.41) is 5.71. The van der Waals surface area contributed by atoms with Crippen LogP contribution in [0.5, 0.6) is 28.7 Å². The molecule has 8 heteroatoms. The van der Waals surface area contributed by atoms with Gasteiger partial charge in [-0.1, -0.05) is 0 Å². The lowest BCUT2D eigenvalue weighted by Gasteiger charge is -2.36. The molecule has 1 N–H and O–H groups in total. The number of methoxy groups -OCH3 is 5. The number of aromatic nitrogens is 1. The molecule has 8 nitrogen and oxygen atoms in total. The van der Waals surface area contributed by atoms with Gasteiger partial charge in [0.1, 0.15) is 5.82 Å². The van der Waals surface area contributed by atoms with Crippen molar-refractivity contribution in [3.05, 3.63) is 41.6 Å². The van der Waals surface area contributed by atoms with Gasteiger partial charge in [0.25, 0.3) is 0 Å². The minimum Gasteiger partial charge on any atom is -0.493 e. The highest BCUT2D eigenvalue weighted by atomic mass is 16.5. The molecule has 1 unspecified atom stereocenters. The van der Waals surface area contributed by atoms with Crippen LogP contribution < -0.4 is 33.9 Å². The van der Waals surface area contributed by atoms with E-state index in [2.05, 4.69) is 16.3 Å². The first-order valence-corrected chi connectivity index (χ1v) is 10.8. The molecule has 33 heavy (non-hydrogen) atoms. The van der Waals surface area contributed by atoms with Gasteiger partial charge in [-0.25, -0.2) is 4.98 Å². The van der Waals surface area contributed by atoms with Crippen molar-refractivity contribution in [2.24, 2.45) is 0 Å². The molecule has 176 valence electrons. The summed E-state index contributed by atoms with van der Waals surface area (Å²) in [6.07, 6.45) is 0. The standard InChI is InChI=1S/C25H31N3O5/c1-15-9-16-10-20(29-2)21(30-3)13-18(16)25(27-15)28-8-7-26-19(14-28)17-11-22(31-4)24(33-6)23(12-17)32-5/h9-13,19,26H,7-8,14H2,1-6H3. The molecule has 3 aromatic rings. The third-order valence-corrected chi connectivity index (χ3v) is 6.01. The predicted octanol–water partition coefficient (Wildman–Crippen LogP) is 3.74. The van der Waals surface area contributed by atoms with Gasteiger partial charge in [-0.15, -0.1) is 0 Å². The van der Waals surface area contributed by atoms with Gasteiger partial charge in [-0.3, -0.25) is 0 Å². The number of fused-ring (bicyclic) bond motifs is 1. The van der Waals surface area contributed by atoms with E-state index in [1.165, 1.54) is 0 Å². The van der Waals surface area contributed by atoms with Gasteiger partial charge in [-0.2, -0.15) is 0 Å². The average Bonchev–Trinajstić information content (AvgIpc) is 2.86. The quantitative estimate of drug-likeness (QED) is 0.580. The molecule has 1 aliphatic rings. The fraction of sp³-hybridized carbons (Fsp3) is 0.400. The minimum atomic E-state index is 0.0602. The molecule has 1 saturated heterocycles. The fourth-order valence-electron chi connectivity index (χ4n) is 4.40. The van der Waals surface area contributed by atoms with Crippen LogP contribution in [-0.4, -0.2) is 60.2 Å². The minimum absolute atomic E-state index is 0.0602. The number of nitrogens with zero attached hydrogens (tertiary/aromatic N) is 2. The molecule has 2 aromatic carbocycles. The average molecular weight is 454 g/mol. The number of hydrogen-bond donors (Lipinski definition) is 1. The van der Waals surface area contributed by atoms with Crippen LogP contribution in [0, 0.1) is 6.92 Å². The van der Waals surface area contributed by atoms with Crippen molar-refractivity contribution in [2.75, 3.05) is 60.1 Å². The molecule has 1 aliphatic heterocycles. The Morgan fingerprint density at radius 3 is 2.06 bits per heavy atom. The van der Waals surface area contributed by atoms with Crippen LogP contribution in [0.4, 0.5) is 5.82 Å². The van der Waals surface area contributed by atoms with Gasteiger partial charge < -0.3 is 33.9 Å². The number of aryl methyl sites for hydroxylation is 1. The Kier molecular flexibility index (Phi) is 6.65. The molecule has 0 saturated carbocycles. The van der Waals surface area contributed by atoms with Crippen LogP contribution in [0.1, 0.15) is 17.3 Å². The molecule has 0 bridgehead atoms. The molecule has 1 aromatic heterocycles. The first kappa shape index (κ1) is 22.8. The molecule has 2 heterocycles. The number of hydrogen-bond acceptors (Lipinski definition) is 8. The molecule has 0 amide bonds. The Balaban J connectivity index is 1.74. The van der Waals surface area contributed by atoms with Crippen molar-refractivity contribution in [1.82, 2.24) is 10.3 Å². The predicted molar refractivity (Wildman–Crippen MR) is 129 cm³/mol. The topological polar surface area (TPSA) is 74.3 Å². The first-order valence-electron chi connectivity index (χ1n) is 10.8. The van der Waals surface area contributed by atoms with Crippen molar-refractivity contribution < 1.29 is 23.7 Å². The number of nitrogens with one attached hydrogen (secondary N) is 1. The largest absolute Gasteiger partial charge is 0.493 e. The second-order valence-corrected chi connectivity index (χ2v) is 7.93. The van der Waals surface area contributed by atoms with Gasteiger partial charge in [0.15, 0.2) is 23.0 Å². The van der Waals surface area contributed by atoms with Gasteiger partial charge in [0.05, 0.1) is 41.6 Å². The molecular weight excluding hydrogens is 422 g/mol. The summed E-state index contributed by atoms with van der Waals surface area (Å²) in [6, 6.07) is 10.1. The summed E-state index contributed by atoms with van der Waals surface area (Å²) in [5.74, 6) is 4.20.